The molecule has 8 heteroatoms. The van der Waals surface area contributed by atoms with Crippen molar-refractivity contribution in [2.45, 2.75) is 11.8 Å². The van der Waals surface area contributed by atoms with Crippen molar-refractivity contribution < 1.29 is 14.8 Å². The average Bonchev–Trinajstić information content (AvgIpc) is 2.30. The number of carboxylic acid groups (broad SMARTS) is 1. The zero-order chi connectivity index (χ0) is 13.7. The Kier molecular flexibility index (Phi) is 5.57. The van der Waals surface area contributed by atoms with E-state index in [1.807, 2.05) is 0 Å². The summed E-state index contributed by atoms with van der Waals surface area (Å²) in [5.74, 6) is -0.339. The topological polar surface area (TPSA) is 106 Å². The Hall–Kier alpha value is -1.12. The van der Waals surface area contributed by atoms with Crippen LogP contribution in [0.4, 0.5) is 5.69 Å². The lowest BCUT2D eigenvalue weighted by Crippen LogP contribution is -2.32. The quantitative estimate of drug-likeness (QED) is 0.608. The molecule has 6 nitrogen and oxygen atoms in total. The number of nitro groups is 1. The first-order valence-corrected chi connectivity index (χ1v) is 6.86. The number of carboxylic acids is 1. The first kappa shape index (κ1) is 14.9. The average molecular weight is 335 g/mol. The van der Waals surface area contributed by atoms with E-state index in [2.05, 4.69) is 15.9 Å². The molecule has 1 aromatic rings. The Bertz CT molecular complexity index is 469. The van der Waals surface area contributed by atoms with Crippen LogP contribution in [-0.2, 0) is 10.5 Å². The van der Waals surface area contributed by atoms with Gasteiger partial charge in [-0.05, 0) is 21.5 Å². The van der Waals surface area contributed by atoms with E-state index < -0.39 is 16.9 Å². The maximum absolute atomic E-state index is 10.7. The smallest absolute Gasteiger partial charge is 0.321 e. The molecule has 0 amide bonds. The number of nitrogens with two attached hydrogens (primary N) is 1. The van der Waals surface area contributed by atoms with E-state index in [-0.39, 0.29) is 11.4 Å². The molecule has 1 rings (SSSR count). The van der Waals surface area contributed by atoms with Gasteiger partial charge in [-0.25, -0.2) is 0 Å². The van der Waals surface area contributed by atoms with Gasteiger partial charge in [-0.1, -0.05) is 12.1 Å². The summed E-state index contributed by atoms with van der Waals surface area (Å²) in [5, 5.41) is 19.3. The number of nitrogens with zero attached hydrogens (tertiary/aromatic N) is 1. The van der Waals surface area contributed by atoms with Crippen LogP contribution < -0.4 is 5.73 Å². The van der Waals surface area contributed by atoms with Crippen molar-refractivity contribution in [1.82, 2.24) is 0 Å². The van der Waals surface area contributed by atoms with E-state index in [0.717, 1.165) is 5.56 Å². The molecule has 0 fully saturated rings. The molecule has 0 spiro atoms. The third-order valence-electron chi connectivity index (χ3n) is 2.13. The summed E-state index contributed by atoms with van der Waals surface area (Å²) in [6.45, 7) is 0. The molecule has 0 radical (unpaired) electrons. The molecule has 0 bridgehead atoms. The summed E-state index contributed by atoms with van der Waals surface area (Å²) in [4.78, 5) is 20.8. The number of hydrogen-bond donors (Lipinski definition) is 2. The monoisotopic (exact) mass is 334 g/mol. The maximum Gasteiger partial charge on any atom is 0.321 e. The number of hydrogen-bond acceptors (Lipinski definition) is 5. The first-order valence-electron chi connectivity index (χ1n) is 4.91. The molecule has 0 aliphatic carbocycles. The third kappa shape index (κ3) is 3.97. The van der Waals surface area contributed by atoms with Gasteiger partial charge in [0.1, 0.15) is 6.04 Å². The normalized spacial score (nSPS) is 12.1. The zero-order valence-electron chi connectivity index (χ0n) is 9.21. The number of carbonyl (C=O) groups is 1. The lowest BCUT2D eigenvalue weighted by Gasteiger charge is -2.07. The second kappa shape index (κ2) is 6.72. The molecule has 0 saturated heterocycles. The summed E-state index contributed by atoms with van der Waals surface area (Å²) in [6, 6.07) is 3.82. The van der Waals surface area contributed by atoms with E-state index in [1.165, 1.54) is 17.8 Å². The SMILES string of the molecule is N[C@@H](CSCc1cccc([N+](=O)[O-])c1Br)C(=O)O. The van der Waals surface area contributed by atoms with E-state index in [0.29, 0.717) is 10.2 Å². The van der Waals surface area contributed by atoms with Crippen LogP contribution in [0.15, 0.2) is 22.7 Å². The Morgan fingerprint density at radius 3 is 2.83 bits per heavy atom. The second-order valence-electron chi connectivity index (χ2n) is 3.47. The van der Waals surface area contributed by atoms with Crippen LogP contribution in [0.2, 0.25) is 0 Å². The van der Waals surface area contributed by atoms with Gasteiger partial charge in [0.05, 0.1) is 9.40 Å². The van der Waals surface area contributed by atoms with Gasteiger partial charge in [0.2, 0.25) is 0 Å². The van der Waals surface area contributed by atoms with Crippen LogP contribution in [0.1, 0.15) is 5.56 Å². The molecule has 0 saturated carbocycles. The van der Waals surface area contributed by atoms with Crippen LogP contribution in [0.3, 0.4) is 0 Å². The van der Waals surface area contributed by atoms with Crippen LogP contribution in [0.25, 0.3) is 0 Å². The fourth-order valence-electron chi connectivity index (χ4n) is 1.19. The van der Waals surface area contributed by atoms with Crippen molar-refractivity contribution in [1.29, 1.82) is 0 Å². The van der Waals surface area contributed by atoms with Gasteiger partial charge in [0, 0.05) is 17.6 Å². The van der Waals surface area contributed by atoms with E-state index >= 15 is 0 Å². The molecular formula is C10H11BrN2O4S. The van der Waals surface area contributed by atoms with Gasteiger partial charge in [-0.3, -0.25) is 14.9 Å². The van der Waals surface area contributed by atoms with Crippen molar-refractivity contribution in [3.05, 3.63) is 38.3 Å². The van der Waals surface area contributed by atoms with Gasteiger partial charge in [-0.15, -0.1) is 0 Å². The van der Waals surface area contributed by atoms with Gasteiger partial charge in [0.15, 0.2) is 0 Å². The van der Waals surface area contributed by atoms with Gasteiger partial charge in [-0.2, -0.15) is 11.8 Å². The Morgan fingerprint density at radius 2 is 2.28 bits per heavy atom. The molecule has 0 unspecified atom stereocenters. The summed E-state index contributed by atoms with van der Waals surface area (Å²) in [6.07, 6.45) is 0. The first-order chi connectivity index (χ1) is 8.43. The highest BCUT2D eigenvalue weighted by Crippen LogP contribution is 2.30. The predicted octanol–water partition coefficient (Wildman–Crippen LogP) is 2.00. The third-order valence-corrected chi connectivity index (χ3v) is 4.15. The summed E-state index contributed by atoms with van der Waals surface area (Å²) < 4.78 is 0.423. The van der Waals surface area contributed by atoms with E-state index in [1.54, 1.807) is 12.1 Å². The zero-order valence-corrected chi connectivity index (χ0v) is 11.6. The number of thioether (sulfide) groups is 1. The number of benzene rings is 1. The Labute approximate surface area is 116 Å². The van der Waals surface area contributed by atoms with Crippen LogP contribution >= 0.6 is 27.7 Å². The minimum absolute atomic E-state index is 0.00404. The van der Waals surface area contributed by atoms with Gasteiger partial charge in [0.25, 0.3) is 5.69 Å². The van der Waals surface area contributed by atoms with Gasteiger partial charge < -0.3 is 10.8 Å². The molecule has 0 aliphatic rings. The number of nitro benzene ring substituents is 1. The molecule has 98 valence electrons. The molecule has 0 aromatic heterocycles. The molecule has 18 heavy (non-hydrogen) atoms. The fraction of sp³-hybridized carbons (Fsp3) is 0.300. The van der Waals surface area contributed by atoms with Crippen LogP contribution in [-0.4, -0.2) is 27.8 Å². The summed E-state index contributed by atoms with van der Waals surface area (Å²) in [5.41, 5.74) is 6.09. The number of rotatable bonds is 6. The molecule has 0 heterocycles. The Morgan fingerprint density at radius 1 is 1.61 bits per heavy atom. The molecule has 1 aromatic carbocycles. The molecule has 1 atom stereocenters. The summed E-state index contributed by atoms with van der Waals surface area (Å²) >= 11 is 4.49. The molecule has 3 N–H and O–H groups in total. The van der Waals surface area contributed by atoms with Crippen molar-refractivity contribution in [2.75, 3.05) is 5.75 Å². The highest BCUT2D eigenvalue weighted by molar-refractivity contribution is 9.10. The molecule has 0 aliphatic heterocycles. The van der Waals surface area contributed by atoms with Crippen LogP contribution in [0.5, 0.6) is 0 Å². The highest BCUT2D eigenvalue weighted by Gasteiger charge is 2.16. The standard InChI is InChI=1S/C10H11BrN2O4S/c11-9-6(2-1-3-8(9)13(16)17)4-18-5-7(12)10(14)15/h1-3,7H,4-5,12H2,(H,14,15)/t7-/m0/s1. The highest BCUT2D eigenvalue weighted by atomic mass is 79.9. The summed E-state index contributed by atoms with van der Waals surface area (Å²) in [7, 11) is 0. The predicted molar refractivity (Wildman–Crippen MR) is 72.6 cm³/mol. The Balaban J connectivity index is 2.66. The lowest BCUT2D eigenvalue weighted by molar-refractivity contribution is -0.385. The minimum Gasteiger partial charge on any atom is -0.480 e. The number of aliphatic carboxylic acids is 1. The van der Waals surface area contributed by atoms with E-state index in [9.17, 15) is 14.9 Å². The molecular weight excluding hydrogens is 324 g/mol. The number of halogens is 1. The van der Waals surface area contributed by atoms with Crippen molar-refractivity contribution in [3.8, 4) is 0 Å². The van der Waals surface area contributed by atoms with Gasteiger partial charge >= 0.3 is 5.97 Å². The van der Waals surface area contributed by atoms with E-state index in [4.69, 9.17) is 10.8 Å². The van der Waals surface area contributed by atoms with Crippen molar-refractivity contribution >= 4 is 39.3 Å². The lowest BCUT2D eigenvalue weighted by atomic mass is 10.2. The largest absolute Gasteiger partial charge is 0.480 e. The second-order valence-corrected chi connectivity index (χ2v) is 5.29. The minimum atomic E-state index is -1.05. The van der Waals surface area contributed by atoms with Crippen molar-refractivity contribution in [2.24, 2.45) is 5.73 Å². The van der Waals surface area contributed by atoms with Crippen LogP contribution in [0, 0.1) is 10.1 Å². The van der Waals surface area contributed by atoms with Crippen molar-refractivity contribution in [3.63, 3.8) is 0 Å². The fourth-order valence-corrected chi connectivity index (χ4v) is 2.90. The maximum atomic E-state index is 10.7.